The van der Waals surface area contributed by atoms with Crippen LogP contribution in [0.5, 0.6) is 0 Å². The van der Waals surface area contributed by atoms with Gasteiger partial charge in [-0.3, -0.25) is 0 Å². The van der Waals surface area contributed by atoms with Gasteiger partial charge in [0.05, 0.1) is 22.4 Å². The molecule has 3 rings (SSSR count). The molecular formula is C15H20N2OS. The lowest BCUT2D eigenvalue weighted by atomic mass is 10.1. The molecule has 2 aromatic rings. The molecule has 102 valence electrons. The number of aromatic nitrogens is 1. The molecule has 2 heterocycles. The van der Waals surface area contributed by atoms with Crippen LogP contribution >= 0.6 is 11.3 Å². The highest BCUT2D eigenvalue weighted by Gasteiger charge is 2.23. The highest BCUT2D eigenvalue weighted by atomic mass is 32.1. The summed E-state index contributed by atoms with van der Waals surface area (Å²) in [6, 6.07) is 8.68. The average molecular weight is 276 g/mol. The number of rotatable bonds is 5. The van der Waals surface area contributed by atoms with Crippen molar-refractivity contribution in [2.75, 3.05) is 13.2 Å². The van der Waals surface area contributed by atoms with Crippen molar-refractivity contribution in [3.8, 4) is 0 Å². The molecule has 1 aliphatic heterocycles. The van der Waals surface area contributed by atoms with Crippen molar-refractivity contribution in [3.05, 3.63) is 29.3 Å². The molecule has 2 atom stereocenters. The summed E-state index contributed by atoms with van der Waals surface area (Å²) in [5.41, 5.74) is 1.11. The molecule has 1 N–H and O–H groups in total. The van der Waals surface area contributed by atoms with Crippen molar-refractivity contribution >= 4 is 21.6 Å². The van der Waals surface area contributed by atoms with Crippen molar-refractivity contribution in [1.29, 1.82) is 0 Å². The molecule has 1 aromatic heterocycles. The SMILES string of the molecule is CCNC(CC1CCCO1)c1nc2ccccc2s1. The van der Waals surface area contributed by atoms with Gasteiger partial charge in [-0.2, -0.15) is 0 Å². The number of hydrogen-bond acceptors (Lipinski definition) is 4. The van der Waals surface area contributed by atoms with E-state index >= 15 is 0 Å². The lowest BCUT2D eigenvalue weighted by molar-refractivity contribution is 0.0947. The van der Waals surface area contributed by atoms with E-state index in [4.69, 9.17) is 9.72 Å². The number of benzene rings is 1. The van der Waals surface area contributed by atoms with Gasteiger partial charge < -0.3 is 10.1 Å². The molecule has 0 aliphatic carbocycles. The number of ether oxygens (including phenoxy) is 1. The van der Waals surface area contributed by atoms with E-state index in [0.717, 1.165) is 25.1 Å². The van der Waals surface area contributed by atoms with E-state index in [1.165, 1.54) is 22.5 Å². The molecule has 19 heavy (non-hydrogen) atoms. The third kappa shape index (κ3) is 2.96. The Bertz CT molecular complexity index is 501. The zero-order chi connectivity index (χ0) is 13.1. The van der Waals surface area contributed by atoms with Gasteiger partial charge in [-0.1, -0.05) is 19.1 Å². The Morgan fingerprint density at radius 2 is 2.37 bits per heavy atom. The number of fused-ring (bicyclic) bond motifs is 1. The predicted octanol–water partition coefficient (Wildman–Crippen LogP) is 3.52. The molecule has 1 aromatic carbocycles. The van der Waals surface area contributed by atoms with Crippen LogP contribution in [0.4, 0.5) is 0 Å². The maximum absolute atomic E-state index is 5.76. The van der Waals surface area contributed by atoms with Gasteiger partial charge in [0.2, 0.25) is 0 Å². The molecule has 3 nitrogen and oxygen atoms in total. The summed E-state index contributed by atoms with van der Waals surface area (Å²) in [5, 5.41) is 4.75. The zero-order valence-electron chi connectivity index (χ0n) is 11.3. The third-order valence-corrected chi connectivity index (χ3v) is 4.73. The molecule has 4 heteroatoms. The first-order valence-corrected chi connectivity index (χ1v) is 7.89. The Labute approximate surface area is 118 Å². The van der Waals surface area contributed by atoms with E-state index in [1.807, 2.05) is 6.07 Å². The van der Waals surface area contributed by atoms with E-state index in [2.05, 4.69) is 30.4 Å². The fourth-order valence-corrected chi connectivity index (χ4v) is 3.71. The highest BCUT2D eigenvalue weighted by molar-refractivity contribution is 7.18. The molecule has 1 aliphatic rings. The average Bonchev–Trinajstić information content (AvgIpc) is 3.06. The summed E-state index contributed by atoms with van der Waals surface area (Å²) >= 11 is 1.80. The van der Waals surface area contributed by atoms with Crippen LogP contribution in [0.15, 0.2) is 24.3 Å². The first-order chi connectivity index (χ1) is 9.36. The minimum absolute atomic E-state index is 0.325. The summed E-state index contributed by atoms with van der Waals surface area (Å²) in [5.74, 6) is 0. The minimum atomic E-state index is 0.325. The monoisotopic (exact) mass is 276 g/mol. The first kappa shape index (κ1) is 13.0. The van der Waals surface area contributed by atoms with Gasteiger partial charge in [0.25, 0.3) is 0 Å². The summed E-state index contributed by atoms with van der Waals surface area (Å²) in [6.45, 7) is 4.03. The second-order valence-corrected chi connectivity index (χ2v) is 6.06. The zero-order valence-corrected chi connectivity index (χ0v) is 12.1. The summed E-state index contributed by atoms with van der Waals surface area (Å²) in [6.07, 6.45) is 3.82. The molecule has 1 saturated heterocycles. The van der Waals surface area contributed by atoms with Crippen molar-refractivity contribution < 1.29 is 4.74 Å². The van der Waals surface area contributed by atoms with Crippen molar-refractivity contribution in [1.82, 2.24) is 10.3 Å². The number of hydrogen-bond donors (Lipinski definition) is 1. The van der Waals surface area contributed by atoms with E-state index in [1.54, 1.807) is 11.3 Å². The first-order valence-electron chi connectivity index (χ1n) is 7.07. The highest BCUT2D eigenvalue weighted by Crippen LogP contribution is 2.30. The fraction of sp³-hybridized carbons (Fsp3) is 0.533. The van der Waals surface area contributed by atoms with Crippen LogP contribution in [-0.4, -0.2) is 24.2 Å². The maximum Gasteiger partial charge on any atom is 0.111 e. The molecule has 0 amide bonds. The number of para-hydroxylation sites is 1. The van der Waals surface area contributed by atoms with Crippen LogP contribution in [0.1, 0.15) is 37.2 Å². The lowest BCUT2D eigenvalue weighted by Gasteiger charge is -2.18. The van der Waals surface area contributed by atoms with E-state index in [9.17, 15) is 0 Å². The molecule has 0 saturated carbocycles. The predicted molar refractivity (Wildman–Crippen MR) is 79.6 cm³/mol. The van der Waals surface area contributed by atoms with Gasteiger partial charge >= 0.3 is 0 Å². The van der Waals surface area contributed by atoms with Crippen LogP contribution < -0.4 is 5.32 Å². The van der Waals surface area contributed by atoms with Gasteiger partial charge in [0.1, 0.15) is 5.01 Å². The van der Waals surface area contributed by atoms with Crippen molar-refractivity contribution in [2.45, 2.75) is 38.3 Å². The van der Waals surface area contributed by atoms with E-state index in [-0.39, 0.29) is 0 Å². The van der Waals surface area contributed by atoms with Gasteiger partial charge in [-0.05, 0) is 37.9 Å². The molecular weight excluding hydrogens is 256 g/mol. The number of nitrogens with one attached hydrogen (secondary N) is 1. The fourth-order valence-electron chi connectivity index (χ4n) is 2.65. The second-order valence-electron chi connectivity index (χ2n) is 5.00. The normalized spacial score (nSPS) is 21.0. The van der Waals surface area contributed by atoms with Gasteiger partial charge in [0.15, 0.2) is 0 Å². The quantitative estimate of drug-likeness (QED) is 0.907. The molecule has 1 fully saturated rings. The largest absolute Gasteiger partial charge is 0.378 e. The molecule has 2 unspecified atom stereocenters. The van der Waals surface area contributed by atoms with Gasteiger partial charge in [-0.15, -0.1) is 11.3 Å². The van der Waals surface area contributed by atoms with Crippen LogP contribution in [0.2, 0.25) is 0 Å². The lowest BCUT2D eigenvalue weighted by Crippen LogP contribution is -2.25. The van der Waals surface area contributed by atoms with Gasteiger partial charge in [0, 0.05) is 6.61 Å². The van der Waals surface area contributed by atoms with Crippen molar-refractivity contribution in [2.24, 2.45) is 0 Å². The van der Waals surface area contributed by atoms with Crippen LogP contribution in [0.25, 0.3) is 10.2 Å². The van der Waals surface area contributed by atoms with E-state index in [0.29, 0.717) is 12.1 Å². The standard InChI is InChI=1S/C15H20N2OS/c1-2-16-13(10-11-6-5-9-18-11)15-17-12-7-3-4-8-14(12)19-15/h3-4,7-8,11,13,16H,2,5-6,9-10H2,1H3. The molecule has 0 spiro atoms. The summed E-state index contributed by atoms with van der Waals surface area (Å²) in [7, 11) is 0. The topological polar surface area (TPSA) is 34.1 Å². The smallest absolute Gasteiger partial charge is 0.111 e. The summed E-state index contributed by atoms with van der Waals surface area (Å²) in [4.78, 5) is 4.77. The van der Waals surface area contributed by atoms with Crippen LogP contribution in [0.3, 0.4) is 0 Å². The maximum atomic E-state index is 5.76. The second kappa shape index (κ2) is 5.99. The Kier molecular flexibility index (Phi) is 4.11. The Morgan fingerprint density at radius 1 is 1.47 bits per heavy atom. The Morgan fingerprint density at radius 3 is 3.11 bits per heavy atom. The third-order valence-electron chi connectivity index (χ3n) is 3.58. The molecule has 0 bridgehead atoms. The van der Waals surface area contributed by atoms with Gasteiger partial charge in [-0.25, -0.2) is 4.98 Å². The minimum Gasteiger partial charge on any atom is -0.378 e. The Balaban J connectivity index is 1.81. The van der Waals surface area contributed by atoms with E-state index < -0.39 is 0 Å². The van der Waals surface area contributed by atoms with Crippen LogP contribution in [0, 0.1) is 0 Å². The van der Waals surface area contributed by atoms with Crippen LogP contribution in [-0.2, 0) is 4.74 Å². The number of nitrogens with zero attached hydrogens (tertiary/aromatic N) is 1. The van der Waals surface area contributed by atoms with Crippen molar-refractivity contribution in [3.63, 3.8) is 0 Å². The molecule has 0 radical (unpaired) electrons. The Hall–Kier alpha value is -0.970. The number of thiazole rings is 1. The summed E-state index contributed by atoms with van der Waals surface area (Å²) < 4.78 is 7.03.